The normalized spacial score (nSPS) is 12.6. The lowest BCUT2D eigenvalue weighted by molar-refractivity contribution is -0.385. The molecule has 1 aliphatic heterocycles. The van der Waals surface area contributed by atoms with Crippen molar-refractivity contribution in [2.45, 2.75) is 32.9 Å². The molecule has 0 atom stereocenters. The van der Waals surface area contributed by atoms with Gasteiger partial charge in [-0.05, 0) is 56.7 Å². The van der Waals surface area contributed by atoms with Gasteiger partial charge in [-0.15, -0.1) is 0 Å². The van der Waals surface area contributed by atoms with Crippen LogP contribution in [-0.4, -0.2) is 57.3 Å². The van der Waals surface area contributed by atoms with E-state index in [1.54, 1.807) is 39.0 Å². The first-order chi connectivity index (χ1) is 22.0. The van der Waals surface area contributed by atoms with E-state index in [4.69, 9.17) is 14.2 Å². The molecule has 5 rings (SSSR count). The number of nitriles is 1. The third-order valence-corrected chi connectivity index (χ3v) is 6.62. The number of nitrogens with one attached hydrogen (secondary N) is 1. The molecular weight excluding hydrogens is 590 g/mol. The number of nitrogens with zero attached hydrogens (tertiary/aromatic N) is 6. The van der Waals surface area contributed by atoms with Gasteiger partial charge in [-0.25, -0.2) is 4.79 Å². The molecule has 234 valence electrons. The lowest BCUT2D eigenvalue weighted by Gasteiger charge is -2.20. The van der Waals surface area contributed by atoms with Crippen molar-refractivity contribution in [3.8, 4) is 29.5 Å². The smallest absolute Gasteiger partial charge is 0.373 e. The second-order valence-electron chi connectivity index (χ2n) is 11.3. The van der Waals surface area contributed by atoms with Crippen molar-refractivity contribution in [1.82, 2.24) is 14.9 Å². The number of carbonyl (C=O) groups excluding carboxylic acids is 1. The van der Waals surface area contributed by atoms with Crippen molar-refractivity contribution < 1.29 is 23.9 Å². The van der Waals surface area contributed by atoms with Gasteiger partial charge in [-0.2, -0.15) is 15.2 Å². The molecule has 3 aromatic carbocycles. The first kappa shape index (κ1) is 31.4. The van der Waals surface area contributed by atoms with Gasteiger partial charge in [0.25, 0.3) is 0 Å². The number of aromatic nitrogens is 2. The minimum atomic E-state index is -0.825. The van der Waals surface area contributed by atoms with Crippen LogP contribution >= 0.6 is 0 Å². The fourth-order valence-corrected chi connectivity index (χ4v) is 4.55. The molecule has 46 heavy (non-hydrogen) atoms. The molecule has 0 radical (unpaired) electrons. The molecular formula is C33H31N7O6. The average molecular weight is 622 g/mol. The zero-order valence-electron chi connectivity index (χ0n) is 25.7. The van der Waals surface area contributed by atoms with E-state index < -0.39 is 28.1 Å². The Labute approximate surface area is 265 Å². The highest BCUT2D eigenvalue weighted by Gasteiger charge is 2.29. The largest absolute Gasteiger partial charge is 0.456 e. The van der Waals surface area contributed by atoms with E-state index in [1.807, 2.05) is 54.4 Å². The monoisotopic (exact) mass is 621 g/mol. The molecule has 13 heteroatoms. The van der Waals surface area contributed by atoms with Crippen LogP contribution in [-0.2, 0) is 11.3 Å². The molecule has 0 saturated heterocycles. The van der Waals surface area contributed by atoms with Crippen LogP contribution < -0.4 is 14.8 Å². The van der Waals surface area contributed by atoms with Crippen LogP contribution in [0.5, 0.6) is 23.4 Å². The maximum absolute atomic E-state index is 12.9. The van der Waals surface area contributed by atoms with E-state index in [0.29, 0.717) is 12.3 Å². The maximum atomic E-state index is 12.9. The number of rotatable bonds is 10. The summed E-state index contributed by atoms with van der Waals surface area (Å²) < 4.78 is 17.4. The van der Waals surface area contributed by atoms with Crippen LogP contribution in [0.15, 0.2) is 77.8 Å². The zero-order valence-corrected chi connectivity index (χ0v) is 25.7. The third kappa shape index (κ3) is 7.54. The first-order valence-electron chi connectivity index (χ1n) is 14.3. The lowest BCUT2D eigenvalue weighted by Crippen LogP contribution is -2.24. The van der Waals surface area contributed by atoms with Crippen LogP contribution in [0.3, 0.4) is 0 Å². The van der Waals surface area contributed by atoms with E-state index in [2.05, 4.69) is 20.3 Å². The topological polar surface area (TPSA) is 165 Å². The van der Waals surface area contributed by atoms with E-state index in [9.17, 15) is 20.2 Å². The van der Waals surface area contributed by atoms with Gasteiger partial charge in [0, 0.05) is 25.7 Å². The summed E-state index contributed by atoms with van der Waals surface area (Å²) in [6.45, 7) is 6.78. The van der Waals surface area contributed by atoms with Crippen molar-refractivity contribution >= 4 is 23.3 Å². The van der Waals surface area contributed by atoms with Crippen LogP contribution in [0.25, 0.3) is 0 Å². The van der Waals surface area contributed by atoms with Crippen LogP contribution in [0.1, 0.15) is 47.8 Å². The molecule has 4 aromatic rings. The Kier molecular flexibility index (Phi) is 9.08. The Morgan fingerprint density at radius 1 is 1.04 bits per heavy atom. The summed E-state index contributed by atoms with van der Waals surface area (Å²) in [5.74, 6) is -0.151. The number of hydrogen-bond donors (Lipinski definition) is 1. The van der Waals surface area contributed by atoms with Gasteiger partial charge in [0.05, 0.1) is 22.6 Å². The molecule has 0 saturated carbocycles. The van der Waals surface area contributed by atoms with Crippen molar-refractivity contribution in [3.05, 3.63) is 105 Å². The summed E-state index contributed by atoms with van der Waals surface area (Å²) in [5.41, 5.74) is 0.276. The quantitative estimate of drug-likeness (QED) is 0.123. The van der Waals surface area contributed by atoms with Gasteiger partial charge in [-0.3, -0.25) is 15.1 Å². The third-order valence-electron chi connectivity index (χ3n) is 6.62. The molecule has 1 N–H and O–H groups in total. The Hall–Kier alpha value is -6.03. The number of ether oxygens (including phenoxy) is 3. The number of carbonyl (C=O) groups is 1. The second-order valence-corrected chi connectivity index (χ2v) is 11.3. The van der Waals surface area contributed by atoms with E-state index >= 15 is 0 Å². The minimum absolute atomic E-state index is 0.00546. The summed E-state index contributed by atoms with van der Waals surface area (Å²) in [6.07, 6.45) is 0. The van der Waals surface area contributed by atoms with Gasteiger partial charge in [0.15, 0.2) is 0 Å². The lowest BCUT2D eigenvalue weighted by atomic mass is 10.1. The fraction of sp³-hybridized carbons (Fsp3) is 0.242. The van der Waals surface area contributed by atoms with Gasteiger partial charge < -0.3 is 24.4 Å². The maximum Gasteiger partial charge on any atom is 0.373 e. The molecule has 0 unspecified atom stereocenters. The SMILES string of the molecule is CN1CCN=C1c1cccc(Oc2nc(NCc3ccccc3)c([N+](=O)[O-])c(Oc3ccc(C#N)c(C(=O)OC(C)(C)C)c3)n2)c1. The van der Waals surface area contributed by atoms with Crippen LogP contribution in [0, 0.1) is 21.4 Å². The van der Waals surface area contributed by atoms with E-state index in [-0.39, 0.29) is 35.2 Å². The Bertz CT molecular complexity index is 1850. The zero-order chi connectivity index (χ0) is 32.8. The van der Waals surface area contributed by atoms with E-state index in [0.717, 1.165) is 23.5 Å². The predicted octanol–water partition coefficient (Wildman–Crippen LogP) is 6.10. The van der Waals surface area contributed by atoms with Gasteiger partial charge in [0.2, 0.25) is 5.82 Å². The average Bonchev–Trinajstić information content (AvgIpc) is 3.45. The second kappa shape index (κ2) is 13.3. The van der Waals surface area contributed by atoms with Gasteiger partial charge in [0.1, 0.15) is 29.0 Å². The van der Waals surface area contributed by atoms with Crippen molar-refractivity contribution in [1.29, 1.82) is 5.26 Å². The molecule has 0 fully saturated rings. The molecule has 0 spiro atoms. The van der Waals surface area contributed by atoms with Gasteiger partial charge >= 0.3 is 23.5 Å². The minimum Gasteiger partial charge on any atom is -0.456 e. The highest BCUT2D eigenvalue weighted by Crippen LogP contribution is 2.38. The molecule has 0 bridgehead atoms. The number of hydrogen-bond acceptors (Lipinski definition) is 12. The van der Waals surface area contributed by atoms with Gasteiger partial charge in [-0.1, -0.05) is 42.5 Å². The Balaban J connectivity index is 1.54. The molecule has 1 aromatic heterocycles. The Morgan fingerprint density at radius 2 is 1.80 bits per heavy atom. The first-order valence-corrected chi connectivity index (χ1v) is 14.3. The number of nitro groups is 1. The summed E-state index contributed by atoms with van der Waals surface area (Å²) in [6, 6.07) is 22.2. The van der Waals surface area contributed by atoms with Crippen molar-refractivity contribution in [2.75, 3.05) is 25.5 Å². The molecule has 0 aliphatic carbocycles. The summed E-state index contributed by atoms with van der Waals surface area (Å²) >= 11 is 0. The van der Waals surface area contributed by atoms with Crippen molar-refractivity contribution in [3.63, 3.8) is 0 Å². The summed E-state index contributed by atoms with van der Waals surface area (Å²) in [4.78, 5) is 39.8. The van der Waals surface area contributed by atoms with Crippen molar-refractivity contribution in [2.24, 2.45) is 4.99 Å². The highest BCUT2D eigenvalue weighted by atomic mass is 16.6. The highest BCUT2D eigenvalue weighted by molar-refractivity contribution is 6.00. The summed E-state index contributed by atoms with van der Waals surface area (Å²) in [5, 5.41) is 25.0. The fourth-order valence-electron chi connectivity index (χ4n) is 4.55. The van der Waals surface area contributed by atoms with E-state index in [1.165, 1.54) is 18.2 Å². The number of likely N-dealkylation sites (N-methyl/N-ethyl adjacent to an activating group) is 1. The number of anilines is 1. The molecule has 13 nitrogen and oxygen atoms in total. The number of benzene rings is 3. The number of aliphatic imine (C=N–C) groups is 1. The standard InChI is InChI=1S/C33H31N7O6/c1-33(2,3)46-31(41)26-18-25(14-13-23(26)19-34)44-30-27(40(42)43)28(36-20-21-9-6-5-7-10-21)37-32(38-30)45-24-12-8-11-22(17-24)29-35-15-16-39(29)4/h5-14,17-18H,15-16,20H2,1-4H3,(H,36,37,38). The molecule has 1 aliphatic rings. The Morgan fingerprint density at radius 3 is 2.48 bits per heavy atom. The number of amidine groups is 1. The summed E-state index contributed by atoms with van der Waals surface area (Å²) in [7, 11) is 1.95. The number of esters is 1. The predicted molar refractivity (Wildman–Crippen MR) is 169 cm³/mol. The molecule has 0 amide bonds. The van der Waals surface area contributed by atoms with Crippen LogP contribution in [0.2, 0.25) is 0 Å². The van der Waals surface area contributed by atoms with Crippen LogP contribution in [0.4, 0.5) is 11.5 Å². The molecule has 2 heterocycles.